The van der Waals surface area contributed by atoms with Gasteiger partial charge in [0.1, 0.15) is 0 Å². The van der Waals surface area contributed by atoms with Gasteiger partial charge in [-0.2, -0.15) is 0 Å². The van der Waals surface area contributed by atoms with Crippen molar-refractivity contribution in [2.45, 2.75) is 0 Å². The van der Waals surface area contributed by atoms with Crippen molar-refractivity contribution in [2.24, 2.45) is 0 Å². The quantitative estimate of drug-likeness (QED) is 0.462. The third-order valence-corrected chi connectivity index (χ3v) is 0. The summed E-state index contributed by atoms with van der Waals surface area (Å²) in [6.07, 6.45) is 0. The van der Waals surface area contributed by atoms with Crippen LogP contribution in [0.2, 0.25) is 0 Å². The van der Waals surface area contributed by atoms with Crippen LogP contribution in [-0.4, -0.2) is 69.2 Å². The van der Waals surface area contributed by atoms with Crippen molar-refractivity contribution in [3.8, 4) is 0 Å². The Morgan fingerprint density at radius 1 is 1.20 bits per heavy atom. The Hall–Kier alpha value is 3.23. The van der Waals surface area contributed by atoms with E-state index in [0.29, 0.717) is 0 Å². The maximum atomic E-state index is 0. The maximum Gasteiger partial charge on any atom is 2.00 e. The second kappa shape index (κ2) is 26.9. The molecule has 0 aromatic carbocycles. The molecule has 0 aromatic rings. The summed E-state index contributed by atoms with van der Waals surface area (Å²) in [5.41, 5.74) is 0. The number of hydrogen-bond acceptors (Lipinski definition) is 0. The molecule has 0 heterocycles. The van der Waals surface area contributed by atoms with Crippen molar-refractivity contribution >= 4 is 69.2 Å². The maximum absolute atomic E-state index is 0. The molecule has 0 saturated carbocycles. The largest absolute Gasteiger partial charge is 2.00 e. The molecule has 0 aliphatic heterocycles. The first-order valence-corrected chi connectivity index (χ1v) is 0. The third kappa shape index (κ3) is 18.9. The van der Waals surface area contributed by atoms with Crippen LogP contribution in [0.3, 0.4) is 0 Å². The fourth-order valence-electron chi connectivity index (χ4n) is 0. The number of hydrogen-bond donors (Lipinski definition) is 0. The Bertz CT molecular complexity index is 20.5. The molecule has 0 unspecified atom stereocenters. The van der Waals surface area contributed by atoms with Gasteiger partial charge >= 0.3 is 60.8 Å². The molecule has 24 valence electrons. The van der Waals surface area contributed by atoms with Crippen LogP contribution in [0.5, 0.6) is 0 Å². The average molecular weight is 208 g/mol. The van der Waals surface area contributed by atoms with Gasteiger partial charge in [-0.1, -0.05) is 0 Å². The van der Waals surface area contributed by atoms with Crippen LogP contribution in [-0.2, 0) is 36.5 Å². The molecule has 0 aliphatic rings. The van der Waals surface area contributed by atoms with Crippen molar-refractivity contribution in [2.75, 3.05) is 0 Å². The SMILES string of the molecule is [B].[Ca+2].[Cu].[H-].[H-].[H-].[H-].[Mg+2].[Zn]. The Balaban J connectivity index is 0. The van der Waals surface area contributed by atoms with Gasteiger partial charge in [-0.15, -0.1) is 0 Å². The molecular weight excluding hydrogens is 204 g/mol. The van der Waals surface area contributed by atoms with Crippen LogP contribution < -0.4 is 0 Å². The van der Waals surface area contributed by atoms with Crippen molar-refractivity contribution in [1.82, 2.24) is 0 Å². The van der Waals surface area contributed by atoms with Crippen molar-refractivity contribution in [1.29, 1.82) is 0 Å². The number of rotatable bonds is 0. The fraction of sp³-hybridized carbons (Fsp3) is 0. The van der Waals surface area contributed by atoms with Gasteiger partial charge in [-0.25, -0.2) is 0 Å². The van der Waals surface area contributed by atoms with Crippen molar-refractivity contribution in [3.63, 3.8) is 0 Å². The minimum atomic E-state index is 0. The standard InChI is InChI=1S/B.Ca.Cu.Mg.Zn.4H/q;+2;;+2;;4*-1. The van der Waals surface area contributed by atoms with Gasteiger partial charge in [0.25, 0.3) is 0 Å². The van der Waals surface area contributed by atoms with E-state index in [1.54, 1.807) is 0 Å². The van der Waals surface area contributed by atoms with E-state index >= 15 is 0 Å². The van der Waals surface area contributed by atoms with Gasteiger partial charge in [-0.3, -0.25) is 0 Å². The minimum Gasteiger partial charge on any atom is -1.00 e. The summed E-state index contributed by atoms with van der Waals surface area (Å²) >= 11 is 0. The molecule has 0 aliphatic carbocycles. The zero-order valence-corrected chi connectivity index (χ0v) is 10.5. The van der Waals surface area contributed by atoms with Gasteiger partial charge < -0.3 is 5.71 Å². The summed E-state index contributed by atoms with van der Waals surface area (Å²) in [6.45, 7) is 0. The monoisotopic (exact) mass is 206 g/mol. The molecule has 0 N–H and O–H groups in total. The molecular formula is H4BCaCuMgZn. The molecule has 0 fully saturated rings. The molecule has 0 saturated heterocycles. The average Bonchev–Trinajstić information content (AvgIpc) is 0. The van der Waals surface area contributed by atoms with E-state index in [0.717, 1.165) is 0 Å². The predicted octanol–water partition coefficient (Wildman–Crippen LogP) is -0.697. The molecule has 0 bridgehead atoms. The summed E-state index contributed by atoms with van der Waals surface area (Å²) in [5, 5.41) is 0. The summed E-state index contributed by atoms with van der Waals surface area (Å²) in [5.74, 6) is 0. The van der Waals surface area contributed by atoms with Gasteiger partial charge in [0.15, 0.2) is 0 Å². The Kier molecular flexibility index (Phi) is 222. The van der Waals surface area contributed by atoms with Crippen LogP contribution in [0, 0.1) is 0 Å². The topological polar surface area (TPSA) is 0 Å². The zero-order chi connectivity index (χ0) is 0. The Morgan fingerprint density at radius 3 is 1.20 bits per heavy atom. The molecule has 0 nitrogen and oxygen atoms in total. The zero-order valence-electron chi connectivity index (χ0n) is 7.00. The third-order valence-electron chi connectivity index (χ3n) is 0. The molecule has 5 heteroatoms. The molecule has 4 radical (unpaired) electrons. The molecule has 0 amide bonds. The minimum absolute atomic E-state index is 0. The first kappa shape index (κ1) is 41.2. The van der Waals surface area contributed by atoms with Crippen LogP contribution >= 0.6 is 0 Å². The van der Waals surface area contributed by atoms with E-state index in [1.165, 1.54) is 0 Å². The van der Waals surface area contributed by atoms with E-state index in [2.05, 4.69) is 0 Å². The van der Waals surface area contributed by atoms with E-state index < -0.39 is 0 Å². The Labute approximate surface area is 109 Å². The van der Waals surface area contributed by atoms with Crippen molar-refractivity contribution < 1.29 is 42.3 Å². The summed E-state index contributed by atoms with van der Waals surface area (Å²) in [6, 6.07) is 0. The van der Waals surface area contributed by atoms with E-state index in [4.69, 9.17) is 0 Å². The van der Waals surface area contributed by atoms with Crippen LogP contribution in [0.4, 0.5) is 0 Å². The fourth-order valence-corrected chi connectivity index (χ4v) is 0. The van der Waals surface area contributed by atoms with Gasteiger partial charge in [-0.05, 0) is 0 Å². The molecule has 0 rings (SSSR count). The summed E-state index contributed by atoms with van der Waals surface area (Å²) in [4.78, 5) is 0. The van der Waals surface area contributed by atoms with Crippen LogP contribution in [0.1, 0.15) is 5.71 Å². The van der Waals surface area contributed by atoms with Gasteiger partial charge in [0.05, 0.1) is 0 Å². The molecule has 5 heavy (non-hydrogen) atoms. The van der Waals surface area contributed by atoms with E-state index in [1.807, 2.05) is 0 Å². The Morgan fingerprint density at radius 2 is 1.20 bits per heavy atom. The second-order valence-electron chi connectivity index (χ2n) is 0. The van der Waals surface area contributed by atoms with Crippen molar-refractivity contribution in [3.05, 3.63) is 0 Å². The molecule has 0 atom stereocenters. The summed E-state index contributed by atoms with van der Waals surface area (Å²) in [7, 11) is 0. The van der Waals surface area contributed by atoms with Crippen LogP contribution in [0.15, 0.2) is 0 Å². The first-order chi connectivity index (χ1) is 0. The van der Waals surface area contributed by atoms with E-state index in [-0.39, 0.29) is 111 Å². The normalized spacial score (nSPS) is 0. The first-order valence-electron chi connectivity index (χ1n) is 0. The summed E-state index contributed by atoms with van der Waals surface area (Å²) < 4.78 is 0. The van der Waals surface area contributed by atoms with E-state index in [9.17, 15) is 0 Å². The molecule has 0 spiro atoms. The van der Waals surface area contributed by atoms with Gasteiger partial charge in [0.2, 0.25) is 0 Å². The molecule has 0 aromatic heterocycles. The predicted molar refractivity (Wildman–Crippen MR) is 21.7 cm³/mol. The van der Waals surface area contributed by atoms with Gasteiger partial charge in [0, 0.05) is 45.0 Å². The van der Waals surface area contributed by atoms with Crippen LogP contribution in [0.25, 0.3) is 0 Å². The second-order valence-corrected chi connectivity index (χ2v) is 0. The smallest absolute Gasteiger partial charge is 1.00 e.